The molecule has 1 amide bonds. The van der Waals surface area contributed by atoms with Gasteiger partial charge in [0.1, 0.15) is 6.33 Å². The van der Waals surface area contributed by atoms with E-state index in [4.69, 9.17) is 11.6 Å². The largest absolute Gasteiger partial charge is 0.269 e. The van der Waals surface area contributed by atoms with Gasteiger partial charge in [-0.05, 0) is 41.8 Å². The third-order valence-corrected chi connectivity index (χ3v) is 6.06. The lowest BCUT2D eigenvalue weighted by molar-refractivity contribution is -0.384. The summed E-state index contributed by atoms with van der Waals surface area (Å²) in [5.74, 6) is 0.101. The third-order valence-electron chi connectivity index (χ3n) is 5.81. The molecule has 5 rings (SSSR count). The van der Waals surface area contributed by atoms with Crippen LogP contribution < -0.4 is 4.90 Å². The standard InChI is InChI=1S/C24H18ClN5O3/c25-19-10-6-17(7-11-19)21-14-22(16-4-2-1-3-5-16)29-24(26-15-27-29)28(21)23(31)18-8-12-20(13-9-18)30(32)33/h1-13,15,21-22H,14H2/t21-,22+/m1/s1. The fourth-order valence-corrected chi connectivity index (χ4v) is 4.34. The van der Waals surface area contributed by atoms with Gasteiger partial charge in [0, 0.05) is 22.7 Å². The molecule has 9 heteroatoms. The number of carbonyl (C=O) groups is 1. The number of anilines is 1. The average molecular weight is 460 g/mol. The van der Waals surface area contributed by atoms with Gasteiger partial charge in [-0.15, -0.1) is 0 Å². The number of hydrogen-bond donors (Lipinski definition) is 0. The molecule has 3 aromatic carbocycles. The van der Waals surface area contributed by atoms with Crippen molar-refractivity contribution in [3.05, 3.63) is 117 Å². The lowest BCUT2D eigenvalue weighted by Gasteiger charge is -2.39. The van der Waals surface area contributed by atoms with Crippen LogP contribution in [-0.2, 0) is 0 Å². The number of nitro groups is 1. The maximum atomic E-state index is 13.7. The molecule has 2 atom stereocenters. The highest BCUT2D eigenvalue weighted by Gasteiger charge is 2.39. The third kappa shape index (κ3) is 3.85. The quantitative estimate of drug-likeness (QED) is 0.308. The fraction of sp³-hybridized carbons (Fsp3) is 0.125. The molecule has 0 radical (unpaired) electrons. The zero-order chi connectivity index (χ0) is 22.9. The van der Waals surface area contributed by atoms with E-state index >= 15 is 0 Å². The van der Waals surface area contributed by atoms with E-state index in [1.165, 1.54) is 30.6 Å². The Balaban J connectivity index is 1.62. The first-order chi connectivity index (χ1) is 16.0. The van der Waals surface area contributed by atoms with Crippen LogP contribution in [0.5, 0.6) is 0 Å². The van der Waals surface area contributed by atoms with E-state index in [-0.39, 0.29) is 23.7 Å². The summed E-state index contributed by atoms with van der Waals surface area (Å²) in [5.41, 5.74) is 2.22. The van der Waals surface area contributed by atoms with Crippen molar-refractivity contribution in [3.8, 4) is 0 Å². The van der Waals surface area contributed by atoms with Crippen LogP contribution in [0.1, 0.15) is 40.0 Å². The van der Waals surface area contributed by atoms with Gasteiger partial charge in [0.15, 0.2) is 0 Å². The molecule has 0 aliphatic carbocycles. The minimum atomic E-state index is -0.493. The molecule has 8 nitrogen and oxygen atoms in total. The molecular weight excluding hydrogens is 442 g/mol. The van der Waals surface area contributed by atoms with Crippen molar-refractivity contribution in [2.75, 3.05) is 4.90 Å². The number of nitro benzene ring substituents is 1. The van der Waals surface area contributed by atoms with Gasteiger partial charge < -0.3 is 0 Å². The van der Waals surface area contributed by atoms with Crippen molar-refractivity contribution in [2.24, 2.45) is 0 Å². The highest BCUT2D eigenvalue weighted by molar-refractivity contribution is 6.30. The van der Waals surface area contributed by atoms with E-state index in [9.17, 15) is 14.9 Å². The van der Waals surface area contributed by atoms with Gasteiger partial charge >= 0.3 is 0 Å². The van der Waals surface area contributed by atoms with Gasteiger partial charge in [-0.2, -0.15) is 10.1 Å². The molecule has 164 valence electrons. The topological polar surface area (TPSA) is 94.2 Å². The summed E-state index contributed by atoms with van der Waals surface area (Å²) in [6.07, 6.45) is 2.01. The Kier molecular flexibility index (Phi) is 5.35. The Labute approximate surface area is 194 Å². The van der Waals surface area contributed by atoms with Crippen molar-refractivity contribution in [1.29, 1.82) is 0 Å². The summed E-state index contributed by atoms with van der Waals surface area (Å²) in [5, 5.41) is 16.0. The first-order valence-corrected chi connectivity index (χ1v) is 10.7. The number of aromatic nitrogens is 3. The Morgan fingerprint density at radius 3 is 2.27 bits per heavy atom. The molecule has 0 unspecified atom stereocenters. The highest BCUT2D eigenvalue weighted by atomic mass is 35.5. The van der Waals surface area contributed by atoms with Crippen molar-refractivity contribution in [1.82, 2.24) is 14.8 Å². The van der Waals surface area contributed by atoms with Crippen LogP contribution in [-0.4, -0.2) is 25.6 Å². The summed E-state index contributed by atoms with van der Waals surface area (Å²) in [7, 11) is 0. The van der Waals surface area contributed by atoms with E-state index in [1.54, 1.807) is 21.7 Å². The molecule has 1 aromatic heterocycles. The summed E-state index contributed by atoms with van der Waals surface area (Å²) in [6.45, 7) is 0. The lowest BCUT2D eigenvalue weighted by atomic mass is 9.91. The Hall–Kier alpha value is -4.04. The highest BCUT2D eigenvalue weighted by Crippen LogP contribution is 2.42. The van der Waals surface area contributed by atoms with Gasteiger partial charge in [0.2, 0.25) is 5.95 Å². The SMILES string of the molecule is O=C(c1ccc([N+](=O)[O-])cc1)N1c2ncnn2[C@H](c2ccccc2)C[C@@H]1c1ccc(Cl)cc1. The van der Waals surface area contributed by atoms with Crippen molar-refractivity contribution < 1.29 is 9.72 Å². The second-order valence-electron chi connectivity index (χ2n) is 7.71. The number of benzene rings is 3. The predicted octanol–water partition coefficient (Wildman–Crippen LogP) is 5.22. The molecule has 1 aliphatic rings. The first kappa shape index (κ1) is 20.8. The molecule has 0 fully saturated rings. The summed E-state index contributed by atoms with van der Waals surface area (Å²) in [6, 6.07) is 22.5. The van der Waals surface area contributed by atoms with Crippen LogP contribution >= 0.6 is 11.6 Å². The minimum Gasteiger partial charge on any atom is -0.269 e. The fourth-order valence-electron chi connectivity index (χ4n) is 4.21. The monoisotopic (exact) mass is 459 g/mol. The Morgan fingerprint density at radius 2 is 1.61 bits per heavy atom. The molecule has 0 N–H and O–H groups in total. The maximum Gasteiger partial charge on any atom is 0.269 e. The van der Waals surface area contributed by atoms with Crippen LogP contribution in [0.25, 0.3) is 0 Å². The number of fused-ring (bicyclic) bond motifs is 1. The molecule has 0 spiro atoms. The molecule has 4 aromatic rings. The smallest absolute Gasteiger partial charge is 0.269 e. The molecule has 2 heterocycles. The summed E-state index contributed by atoms with van der Waals surface area (Å²) < 4.78 is 1.76. The molecule has 33 heavy (non-hydrogen) atoms. The number of amides is 1. The lowest BCUT2D eigenvalue weighted by Crippen LogP contribution is -2.42. The molecule has 0 bridgehead atoms. The Bertz CT molecular complexity index is 1310. The predicted molar refractivity (Wildman–Crippen MR) is 123 cm³/mol. The Morgan fingerprint density at radius 1 is 0.939 bits per heavy atom. The van der Waals surface area contributed by atoms with Crippen molar-refractivity contribution in [2.45, 2.75) is 18.5 Å². The van der Waals surface area contributed by atoms with Crippen molar-refractivity contribution >= 4 is 29.1 Å². The molecule has 0 saturated carbocycles. The zero-order valence-corrected chi connectivity index (χ0v) is 18.0. The van der Waals surface area contributed by atoms with Gasteiger partial charge in [0.25, 0.3) is 11.6 Å². The maximum absolute atomic E-state index is 13.7. The van der Waals surface area contributed by atoms with Gasteiger partial charge in [-0.3, -0.25) is 19.8 Å². The molecule has 0 saturated heterocycles. The second-order valence-corrected chi connectivity index (χ2v) is 8.15. The van der Waals surface area contributed by atoms with Crippen LogP contribution in [0.4, 0.5) is 11.6 Å². The van der Waals surface area contributed by atoms with Crippen LogP contribution in [0.3, 0.4) is 0 Å². The number of carbonyl (C=O) groups excluding carboxylic acids is 1. The van der Waals surface area contributed by atoms with Crippen LogP contribution in [0, 0.1) is 10.1 Å². The average Bonchev–Trinajstić information content (AvgIpc) is 3.33. The minimum absolute atomic E-state index is 0.0771. The van der Waals surface area contributed by atoms with E-state index in [1.807, 2.05) is 42.5 Å². The van der Waals surface area contributed by atoms with E-state index in [0.29, 0.717) is 23.0 Å². The number of nitrogens with zero attached hydrogens (tertiary/aromatic N) is 5. The summed E-state index contributed by atoms with van der Waals surface area (Å²) >= 11 is 6.11. The zero-order valence-electron chi connectivity index (χ0n) is 17.3. The first-order valence-electron chi connectivity index (χ1n) is 10.3. The van der Waals surface area contributed by atoms with Crippen LogP contribution in [0.2, 0.25) is 5.02 Å². The van der Waals surface area contributed by atoms with E-state index in [2.05, 4.69) is 10.1 Å². The van der Waals surface area contributed by atoms with Gasteiger partial charge in [-0.1, -0.05) is 54.1 Å². The van der Waals surface area contributed by atoms with E-state index < -0.39 is 4.92 Å². The second kappa shape index (κ2) is 8.48. The molecular formula is C24H18ClN5O3. The van der Waals surface area contributed by atoms with E-state index in [0.717, 1.165) is 11.1 Å². The van der Waals surface area contributed by atoms with Crippen molar-refractivity contribution in [3.63, 3.8) is 0 Å². The summed E-state index contributed by atoms with van der Waals surface area (Å²) in [4.78, 5) is 30.2. The van der Waals surface area contributed by atoms with Gasteiger partial charge in [-0.25, -0.2) is 4.68 Å². The number of halogens is 1. The molecule has 1 aliphatic heterocycles. The van der Waals surface area contributed by atoms with Gasteiger partial charge in [0.05, 0.1) is 17.0 Å². The number of non-ortho nitro benzene ring substituents is 1. The number of rotatable bonds is 4. The van der Waals surface area contributed by atoms with Crippen LogP contribution in [0.15, 0.2) is 85.2 Å². The normalized spacial score (nSPS) is 17.4. The number of hydrogen-bond acceptors (Lipinski definition) is 5.